The highest BCUT2D eigenvalue weighted by Gasteiger charge is 2.66. The van der Waals surface area contributed by atoms with E-state index >= 15 is 0 Å². The first-order chi connectivity index (χ1) is 11.7. The Balaban J connectivity index is 1.36. The summed E-state index contributed by atoms with van der Waals surface area (Å²) in [6.07, 6.45) is 4.89. The lowest BCUT2D eigenvalue weighted by Crippen LogP contribution is -2.71. The van der Waals surface area contributed by atoms with E-state index in [0.717, 1.165) is 25.9 Å². The van der Waals surface area contributed by atoms with Crippen LogP contribution < -0.4 is 15.4 Å². The van der Waals surface area contributed by atoms with Gasteiger partial charge < -0.3 is 20.1 Å². The minimum absolute atomic E-state index is 0.0200. The highest BCUT2D eigenvalue weighted by molar-refractivity contribution is 6.00. The molecule has 6 nitrogen and oxygen atoms in total. The summed E-state index contributed by atoms with van der Waals surface area (Å²) in [5.74, 6) is 0.780. The fraction of sp³-hybridized carbons (Fsp3) is 0.556. The normalized spacial score (nSPS) is 31.8. The lowest BCUT2D eigenvalue weighted by molar-refractivity contribution is -0.172. The molecule has 1 spiro atoms. The van der Waals surface area contributed by atoms with E-state index in [-0.39, 0.29) is 29.9 Å². The zero-order chi connectivity index (χ0) is 16.3. The molecule has 2 aliphatic heterocycles. The van der Waals surface area contributed by atoms with Gasteiger partial charge in [-0.05, 0) is 37.5 Å². The number of hydrogen-bond acceptors (Lipinski definition) is 4. The number of benzene rings is 1. The quantitative estimate of drug-likeness (QED) is 0.866. The first-order valence-corrected chi connectivity index (χ1v) is 8.67. The van der Waals surface area contributed by atoms with Gasteiger partial charge >= 0.3 is 0 Å². The molecule has 1 aromatic carbocycles. The number of nitrogens with one attached hydrogen (secondary N) is 2. The molecule has 1 saturated heterocycles. The average molecular weight is 328 g/mol. The predicted octanol–water partition coefficient (Wildman–Crippen LogP) is 1.70. The molecule has 3 fully saturated rings. The van der Waals surface area contributed by atoms with Crippen LogP contribution in [0.2, 0.25) is 0 Å². The zero-order valence-electron chi connectivity index (χ0n) is 13.3. The Morgan fingerprint density at radius 3 is 3.00 bits per heavy atom. The van der Waals surface area contributed by atoms with Crippen molar-refractivity contribution in [1.29, 1.82) is 0 Å². The van der Waals surface area contributed by atoms with Crippen LogP contribution in [0.5, 0.6) is 5.75 Å². The van der Waals surface area contributed by atoms with Gasteiger partial charge in [0, 0.05) is 29.5 Å². The van der Waals surface area contributed by atoms with Crippen LogP contribution >= 0.6 is 0 Å². The molecule has 2 saturated carbocycles. The van der Waals surface area contributed by atoms with Crippen molar-refractivity contribution < 1.29 is 19.1 Å². The molecule has 0 radical (unpaired) electrons. The number of carbonyl (C=O) groups is 2. The van der Waals surface area contributed by atoms with Crippen LogP contribution in [-0.2, 0) is 9.53 Å². The van der Waals surface area contributed by atoms with Crippen LogP contribution in [-0.4, -0.2) is 37.2 Å². The molecule has 2 heterocycles. The molecule has 2 amide bonds. The second-order valence-electron chi connectivity index (χ2n) is 7.33. The first-order valence-electron chi connectivity index (χ1n) is 8.67. The van der Waals surface area contributed by atoms with E-state index < -0.39 is 0 Å². The minimum Gasteiger partial charge on any atom is -0.482 e. The number of ether oxygens (including phenoxy) is 2. The zero-order valence-corrected chi connectivity index (χ0v) is 13.3. The molecule has 3 atom stereocenters. The number of carbonyl (C=O) groups excluding carboxylic acids is 2. The smallest absolute Gasteiger partial charge is 0.262 e. The SMILES string of the molecule is O=C1COc2ccc(C(=O)N[C@@H]3[C@@H]4CCO[C@H]4C34CCC4)cc2N1. The molecule has 126 valence electrons. The standard InChI is InChI=1S/C18H20N2O4/c21-14-9-24-13-3-2-10(8-12(13)19-14)17(22)20-15-11-4-7-23-16(11)18(15)5-1-6-18/h2-3,8,11,15-16H,1,4-7,9H2,(H,19,21)(H,20,22)/t11-,15+,16+/m0/s1. The van der Waals surface area contributed by atoms with Gasteiger partial charge in [-0.15, -0.1) is 0 Å². The summed E-state index contributed by atoms with van der Waals surface area (Å²) in [5.41, 5.74) is 1.28. The summed E-state index contributed by atoms with van der Waals surface area (Å²) < 4.78 is 11.2. The van der Waals surface area contributed by atoms with E-state index in [1.807, 2.05) is 0 Å². The molecule has 2 aliphatic carbocycles. The van der Waals surface area contributed by atoms with Crippen LogP contribution in [0, 0.1) is 11.3 Å². The van der Waals surface area contributed by atoms with Crippen molar-refractivity contribution >= 4 is 17.5 Å². The summed E-state index contributed by atoms with van der Waals surface area (Å²) in [4.78, 5) is 24.2. The largest absolute Gasteiger partial charge is 0.482 e. The lowest BCUT2D eigenvalue weighted by atomic mass is 9.46. The fourth-order valence-electron chi connectivity index (χ4n) is 4.90. The van der Waals surface area contributed by atoms with Crippen molar-refractivity contribution in [3.05, 3.63) is 23.8 Å². The maximum absolute atomic E-state index is 12.7. The molecule has 0 unspecified atom stereocenters. The van der Waals surface area contributed by atoms with E-state index in [2.05, 4.69) is 10.6 Å². The van der Waals surface area contributed by atoms with Crippen LogP contribution in [0.4, 0.5) is 5.69 Å². The maximum atomic E-state index is 12.7. The van der Waals surface area contributed by atoms with Crippen molar-refractivity contribution in [2.45, 2.75) is 37.8 Å². The topological polar surface area (TPSA) is 76.7 Å². The fourth-order valence-corrected chi connectivity index (χ4v) is 4.90. The summed E-state index contributed by atoms with van der Waals surface area (Å²) in [6.45, 7) is 0.831. The number of anilines is 1. The van der Waals surface area contributed by atoms with Gasteiger partial charge in [0.2, 0.25) is 0 Å². The Labute approximate surface area is 139 Å². The van der Waals surface area contributed by atoms with Gasteiger partial charge in [-0.3, -0.25) is 9.59 Å². The van der Waals surface area contributed by atoms with E-state index in [0.29, 0.717) is 29.0 Å². The summed E-state index contributed by atoms with van der Waals surface area (Å²) in [5, 5.41) is 5.99. The van der Waals surface area contributed by atoms with E-state index in [1.165, 1.54) is 6.42 Å². The molecular weight excluding hydrogens is 308 g/mol. The van der Waals surface area contributed by atoms with E-state index in [4.69, 9.17) is 9.47 Å². The van der Waals surface area contributed by atoms with Crippen molar-refractivity contribution in [2.24, 2.45) is 11.3 Å². The molecule has 24 heavy (non-hydrogen) atoms. The highest BCUT2D eigenvalue weighted by Crippen LogP contribution is 2.62. The number of rotatable bonds is 2. The maximum Gasteiger partial charge on any atom is 0.262 e. The molecule has 2 N–H and O–H groups in total. The molecule has 0 bridgehead atoms. The van der Waals surface area contributed by atoms with Crippen LogP contribution in [0.25, 0.3) is 0 Å². The second kappa shape index (κ2) is 4.96. The second-order valence-corrected chi connectivity index (χ2v) is 7.33. The highest BCUT2D eigenvalue weighted by atomic mass is 16.5. The van der Waals surface area contributed by atoms with Crippen molar-refractivity contribution in [3.8, 4) is 5.75 Å². The van der Waals surface area contributed by atoms with Crippen LogP contribution in [0.1, 0.15) is 36.0 Å². The molecule has 1 aromatic rings. The molecule has 0 aromatic heterocycles. The molecular formula is C18H20N2O4. The van der Waals surface area contributed by atoms with Gasteiger partial charge in [0.05, 0.1) is 11.8 Å². The average Bonchev–Trinajstić information content (AvgIpc) is 2.95. The van der Waals surface area contributed by atoms with Gasteiger partial charge in [-0.2, -0.15) is 0 Å². The van der Waals surface area contributed by atoms with Crippen LogP contribution in [0.3, 0.4) is 0 Å². The summed E-state index contributed by atoms with van der Waals surface area (Å²) >= 11 is 0. The Bertz CT molecular complexity index is 728. The third-order valence-electron chi connectivity index (χ3n) is 6.20. The number of hydrogen-bond donors (Lipinski definition) is 2. The Morgan fingerprint density at radius 1 is 1.33 bits per heavy atom. The summed E-state index contributed by atoms with van der Waals surface area (Å²) in [6, 6.07) is 5.40. The third-order valence-corrected chi connectivity index (χ3v) is 6.20. The number of fused-ring (bicyclic) bond motifs is 3. The van der Waals surface area contributed by atoms with Crippen LogP contribution in [0.15, 0.2) is 18.2 Å². The van der Waals surface area contributed by atoms with E-state index in [1.54, 1.807) is 18.2 Å². The monoisotopic (exact) mass is 328 g/mol. The van der Waals surface area contributed by atoms with Gasteiger partial charge in [-0.25, -0.2) is 0 Å². The summed E-state index contributed by atoms with van der Waals surface area (Å²) in [7, 11) is 0. The minimum atomic E-state index is -0.196. The lowest BCUT2D eigenvalue weighted by Gasteiger charge is -2.63. The third kappa shape index (κ3) is 1.86. The van der Waals surface area contributed by atoms with Gasteiger partial charge in [0.25, 0.3) is 11.8 Å². The van der Waals surface area contributed by atoms with Crippen molar-refractivity contribution in [3.63, 3.8) is 0 Å². The molecule has 5 rings (SSSR count). The Morgan fingerprint density at radius 2 is 2.21 bits per heavy atom. The van der Waals surface area contributed by atoms with Gasteiger partial charge in [0.15, 0.2) is 6.61 Å². The number of amides is 2. The van der Waals surface area contributed by atoms with Crippen molar-refractivity contribution in [2.75, 3.05) is 18.5 Å². The van der Waals surface area contributed by atoms with E-state index in [9.17, 15) is 9.59 Å². The molecule has 6 heteroatoms. The predicted molar refractivity (Wildman–Crippen MR) is 86.0 cm³/mol. The molecule has 4 aliphatic rings. The Hall–Kier alpha value is -2.08. The van der Waals surface area contributed by atoms with Crippen molar-refractivity contribution in [1.82, 2.24) is 5.32 Å². The Kier molecular flexibility index (Phi) is 2.95. The van der Waals surface area contributed by atoms with Gasteiger partial charge in [0.1, 0.15) is 5.75 Å². The first kappa shape index (κ1) is 14.3. The van der Waals surface area contributed by atoms with Gasteiger partial charge in [-0.1, -0.05) is 6.42 Å².